The van der Waals surface area contributed by atoms with Gasteiger partial charge in [0.05, 0.1) is 4.90 Å². The summed E-state index contributed by atoms with van der Waals surface area (Å²) in [6.45, 7) is 0.417. The first-order valence-electron chi connectivity index (χ1n) is 5.80. The number of nitrogens with zero attached hydrogens (tertiary/aromatic N) is 1. The van der Waals surface area contributed by atoms with Gasteiger partial charge in [0.25, 0.3) is 0 Å². The summed E-state index contributed by atoms with van der Waals surface area (Å²) in [6.07, 6.45) is -4.34. The van der Waals surface area contributed by atoms with E-state index in [1.54, 1.807) is 0 Å². The predicted molar refractivity (Wildman–Crippen MR) is 71.7 cm³/mol. The summed E-state index contributed by atoms with van der Waals surface area (Å²) >= 11 is 0. The average molecular weight is 347 g/mol. The van der Waals surface area contributed by atoms with E-state index in [1.807, 2.05) is 0 Å². The standard InChI is InChI=1S/C11H13F3N2O3S.ClH/c12-11(13,14)19-9-2-1-3-10(6-9)20(17,18)16-5-4-8(15)7-16;/h1-3,6,8H,4-5,7,15H2;1H/t8-;/m0./s1. The fourth-order valence-corrected chi connectivity index (χ4v) is 3.50. The van der Waals surface area contributed by atoms with Crippen LogP contribution in [0.4, 0.5) is 13.2 Å². The lowest BCUT2D eigenvalue weighted by atomic mass is 10.3. The second-order valence-electron chi connectivity index (χ2n) is 4.43. The molecule has 1 saturated heterocycles. The molecule has 0 spiro atoms. The van der Waals surface area contributed by atoms with Crippen LogP contribution in [-0.4, -0.2) is 38.2 Å². The van der Waals surface area contributed by atoms with E-state index in [9.17, 15) is 21.6 Å². The van der Waals surface area contributed by atoms with Crippen LogP contribution in [0.2, 0.25) is 0 Å². The molecule has 2 N–H and O–H groups in total. The molecule has 0 amide bonds. The molecule has 0 unspecified atom stereocenters. The summed E-state index contributed by atoms with van der Waals surface area (Å²) in [5.74, 6) is -0.568. The highest BCUT2D eigenvalue weighted by molar-refractivity contribution is 7.89. The van der Waals surface area contributed by atoms with E-state index < -0.39 is 22.1 Å². The van der Waals surface area contributed by atoms with Crippen LogP contribution < -0.4 is 10.5 Å². The summed E-state index contributed by atoms with van der Waals surface area (Å²) in [4.78, 5) is -0.242. The Morgan fingerprint density at radius 3 is 2.52 bits per heavy atom. The molecule has 1 aromatic rings. The number of nitrogens with two attached hydrogens (primary N) is 1. The molecule has 0 radical (unpaired) electrons. The van der Waals surface area contributed by atoms with Gasteiger partial charge >= 0.3 is 6.36 Å². The normalized spacial score (nSPS) is 20.1. The second kappa shape index (κ2) is 6.39. The number of ether oxygens (including phenoxy) is 1. The van der Waals surface area contributed by atoms with E-state index in [0.29, 0.717) is 6.42 Å². The Labute approximate surface area is 126 Å². The van der Waals surface area contributed by atoms with Gasteiger partial charge in [0.15, 0.2) is 0 Å². The maximum Gasteiger partial charge on any atom is 0.573 e. The summed E-state index contributed by atoms with van der Waals surface area (Å²) in [5.41, 5.74) is 5.63. The zero-order valence-corrected chi connectivity index (χ0v) is 12.3. The third-order valence-electron chi connectivity index (χ3n) is 2.86. The monoisotopic (exact) mass is 346 g/mol. The zero-order chi connectivity index (χ0) is 15.0. The molecule has 2 rings (SSSR count). The Bertz CT molecular complexity index is 595. The molecule has 1 aromatic carbocycles. The number of rotatable bonds is 3. The van der Waals surface area contributed by atoms with E-state index >= 15 is 0 Å². The van der Waals surface area contributed by atoms with Crippen LogP contribution in [0.3, 0.4) is 0 Å². The highest BCUT2D eigenvalue weighted by Crippen LogP contribution is 2.27. The Balaban J connectivity index is 0.00000220. The highest BCUT2D eigenvalue weighted by atomic mass is 35.5. The fraction of sp³-hybridized carbons (Fsp3) is 0.455. The smallest absolute Gasteiger partial charge is 0.406 e. The van der Waals surface area contributed by atoms with E-state index in [0.717, 1.165) is 16.4 Å². The third-order valence-corrected chi connectivity index (χ3v) is 4.73. The number of halogens is 4. The number of benzene rings is 1. The van der Waals surface area contributed by atoms with Crippen molar-refractivity contribution in [2.75, 3.05) is 13.1 Å². The number of sulfonamides is 1. The molecule has 1 atom stereocenters. The fourth-order valence-electron chi connectivity index (χ4n) is 1.95. The minimum absolute atomic E-state index is 0. The number of hydrogen-bond donors (Lipinski definition) is 1. The molecule has 1 aliphatic rings. The van der Waals surface area contributed by atoms with E-state index in [2.05, 4.69) is 4.74 Å². The van der Waals surface area contributed by atoms with Crippen molar-refractivity contribution in [2.24, 2.45) is 5.73 Å². The van der Waals surface area contributed by atoms with Crippen molar-refractivity contribution >= 4 is 22.4 Å². The van der Waals surface area contributed by atoms with Crippen LogP contribution >= 0.6 is 12.4 Å². The highest BCUT2D eigenvalue weighted by Gasteiger charge is 2.33. The SMILES string of the molecule is Cl.N[C@H]1CCN(S(=O)(=O)c2cccc(OC(F)(F)F)c2)C1. The van der Waals surface area contributed by atoms with Crippen molar-refractivity contribution in [1.82, 2.24) is 4.31 Å². The maximum atomic E-state index is 12.2. The first-order chi connectivity index (χ1) is 9.18. The summed E-state index contributed by atoms with van der Waals surface area (Å²) in [7, 11) is -3.84. The van der Waals surface area contributed by atoms with Gasteiger partial charge in [-0.05, 0) is 18.6 Å². The van der Waals surface area contributed by atoms with Gasteiger partial charge in [-0.2, -0.15) is 4.31 Å². The van der Waals surface area contributed by atoms with Crippen LogP contribution in [0, 0.1) is 0 Å². The molecule has 10 heteroatoms. The molecule has 0 saturated carbocycles. The van der Waals surface area contributed by atoms with Crippen LogP contribution in [-0.2, 0) is 10.0 Å². The average Bonchev–Trinajstić information content (AvgIpc) is 2.74. The van der Waals surface area contributed by atoms with Crippen molar-refractivity contribution in [3.63, 3.8) is 0 Å². The Morgan fingerprint density at radius 2 is 2.00 bits per heavy atom. The van der Waals surface area contributed by atoms with Gasteiger partial charge < -0.3 is 10.5 Å². The van der Waals surface area contributed by atoms with Crippen LogP contribution in [0.5, 0.6) is 5.75 Å². The lowest BCUT2D eigenvalue weighted by Crippen LogP contribution is -2.32. The molecule has 1 heterocycles. The largest absolute Gasteiger partial charge is 0.573 e. The molecule has 0 aliphatic carbocycles. The topological polar surface area (TPSA) is 72.6 Å². The van der Waals surface area contributed by atoms with Crippen molar-refractivity contribution < 1.29 is 26.3 Å². The van der Waals surface area contributed by atoms with Gasteiger partial charge in [-0.15, -0.1) is 25.6 Å². The molecule has 1 fully saturated rings. The van der Waals surface area contributed by atoms with Crippen LogP contribution in [0.25, 0.3) is 0 Å². The van der Waals surface area contributed by atoms with Crippen molar-refractivity contribution in [3.8, 4) is 5.75 Å². The van der Waals surface area contributed by atoms with Crippen LogP contribution in [0.15, 0.2) is 29.2 Å². The quantitative estimate of drug-likeness (QED) is 0.904. The van der Waals surface area contributed by atoms with Crippen molar-refractivity contribution in [1.29, 1.82) is 0 Å². The van der Waals surface area contributed by atoms with Crippen molar-refractivity contribution in [3.05, 3.63) is 24.3 Å². The van der Waals surface area contributed by atoms with E-state index in [1.165, 1.54) is 12.1 Å². The van der Waals surface area contributed by atoms with Gasteiger partial charge in [-0.1, -0.05) is 6.07 Å². The Morgan fingerprint density at radius 1 is 1.33 bits per heavy atom. The molecule has 5 nitrogen and oxygen atoms in total. The molecular formula is C11H14ClF3N2O3S. The van der Waals surface area contributed by atoms with Gasteiger partial charge in [0.2, 0.25) is 10.0 Å². The second-order valence-corrected chi connectivity index (χ2v) is 6.37. The van der Waals surface area contributed by atoms with Crippen LogP contribution in [0.1, 0.15) is 6.42 Å². The zero-order valence-electron chi connectivity index (χ0n) is 10.7. The summed E-state index contributed by atoms with van der Waals surface area (Å²) in [5, 5.41) is 0. The van der Waals surface area contributed by atoms with Crippen molar-refractivity contribution in [2.45, 2.75) is 23.7 Å². The third kappa shape index (κ3) is 4.47. The van der Waals surface area contributed by atoms with Gasteiger partial charge in [0.1, 0.15) is 5.75 Å². The first kappa shape index (κ1) is 18.0. The molecule has 0 aromatic heterocycles. The molecule has 1 aliphatic heterocycles. The van der Waals surface area contributed by atoms with Gasteiger partial charge in [-0.25, -0.2) is 8.42 Å². The lowest BCUT2D eigenvalue weighted by molar-refractivity contribution is -0.274. The lowest BCUT2D eigenvalue weighted by Gasteiger charge is -2.16. The van der Waals surface area contributed by atoms with E-state index in [-0.39, 0.29) is 36.4 Å². The molecule has 0 bridgehead atoms. The molecule has 21 heavy (non-hydrogen) atoms. The Kier molecular flexibility index (Phi) is 5.48. The van der Waals surface area contributed by atoms with Gasteiger partial charge in [-0.3, -0.25) is 0 Å². The minimum atomic E-state index is -4.86. The number of alkyl halides is 3. The Hall–Kier alpha value is -1.03. The molecule has 120 valence electrons. The van der Waals surface area contributed by atoms with Gasteiger partial charge in [0, 0.05) is 25.2 Å². The predicted octanol–water partition coefficient (Wildman–Crippen LogP) is 1.73. The summed E-state index contributed by atoms with van der Waals surface area (Å²) in [6, 6.07) is 4.07. The maximum absolute atomic E-state index is 12.2. The first-order valence-corrected chi connectivity index (χ1v) is 7.24. The van der Waals surface area contributed by atoms with E-state index in [4.69, 9.17) is 5.73 Å². The summed E-state index contributed by atoms with van der Waals surface area (Å²) < 4.78 is 65.7. The molecular weight excluding hydrogens is 333 g/mol. The minimum Gasteiger partial charge on any atom is -0.406 e. The number of hydrogen-bond acceptors (Lipinski definition) is 4.